The zero-order valence-corrected chi connectivity index (χ0v) is 18.0. The molecule has 12 nitrogen and oxygen atoms in total. The summed E-state index contributed by atoms with van der Waals surface area (Å²) in [6, 6.07) is 4.76. The number of aromatic nitrogens is 8. The molecule has 15 heteroatoms. The minimum absolute atomic E-state index is 0.0327. The number of hydrogen-bond acceptors (Lipinski definition) is 9. The van der Waals surface area contributed by atoms with E-state index in [1.807, 2.05) is 0 Å². The van der Waals surface area contributed by atoms with Crippen molar-refractivity contribution < 1.29 is 27.1 Å². The van der Waals surface area contributed by atoms with Crippen molar-refractivity contribution in [2.24, 2.45) is 0 Å². The van der Waals surface area contributed by atoms with Gasteiger partial charge in [-0.1, -0.05) is 0 Å². The molecule has 0 aromatic carbocycles. The van der Waals surface area contributed by atoms with E-state index in [2.05, 4.69) is 40.0 Å². The topological polar surface area (TPSA) is 140 Å². The van der Waals surface area contributed by atoms with Crippen molar-refractivity contribution in [1.82, 2.24) is 44.6 Å². The third-order valence-corrected chi connectivity index (χ3v) is 5.54. The van der Waals surface area contributed by atoms with Crippen molar-refractivity contribution in [3.05, 3.63) is 72.2 Å². The van der Waals surface area contributed by atoms with Gasteiger partial charge < -0.3 is 19.0 Å². The zero-order valence-electron chi connectivity index (χ0n) is 18.0. The summed E-state index contributed by atoms with van der Waals surface area (Å²) in [5.74, 6) is -1.21. The maximum Gasteiger partial charge on any atom is 0.573 e. The first kappa shape index (κ1) is 21.7. The second kappa shape index (κ2) is 8.14. The molecule has 1 N–H and O–H groups in total. The summed E-state index contributed by atoms with van der Waals surface area (Å²) in [5.41, 5.74) is 1.63. The van der Waals surface area contributed by atoms with Crippen LogP contribution in [0.25, 0.3) is 17.2 Å². The van der Waals surface area contributed by atoms with Gasteiger partial charge in [-0.05, 0) is 24.3 Å². The molecule has 0 saturated carbocycles. The number of nitrogens with zero attached hydrogens (tertiary/aromatic N) is 8. The molecule has 1 aliphatic heterocycles. The molecular formula is C21H14F3N9O3. The highest BCUT2D eigenvalue weighted by Crippen LogP contribution is 2.36. The van der Waals surface area contributed by atoms with Crippen LogP contribution >= 0.6 is 0 Å². The van der Waals surface area contributed by atoms with Crippen LogP contribution in [0.15, 0.2) is 53.6 Å². The van der Waals surface area contributed by atoms with E-state index in [9.17, 15) is 18.0 Å². The SMILES string of the molecule is O=C(c1nnc(-c2ncccn2)o1)N1CCc2[nH]cnc2[C@H]1c1cc2c(OC(F)(F)F)cccn2n1. The van der Waals surface area contributed by atoms with Crippen LogP contribution in [0.2, 0.25) is 0 Å². The second-order valence-corrected chi connectivity index (χ2v) is 7.72. The Morgan fingerprint density at radius 1 is 1.17 bits per heavy atom. The molecule has 36 heavy (non-hydrogen) atoms. The number of hydrogen-bond donors (Lipinski definition) is 1. The lowest BCUT2D eigenvalue weighted by Crippen LogP contribution is -2.41. The van der Waals surface area contributed by atoms with Crippen LogP contribution in [-0.2, 0) is 6.42 Å². The minimum Gasteiger partial charge on any atom is -0.409 e. The average Bonchev–Trinajstić information content (AvgIpc) is 3.62. The van der Waals surface area contributed by atoms with Crippen molar-refractivity contribution in [3.8, 4) is 17.5 Å². The van der Waals surface area contributed by atoms with E-state index in [1.165, 1.54) is 52.5 Å². The molecule has 1 amide bonds. The second-order valence-electron chi connectivity index (χ2n) is 7.72. The lowest BCUT2D eigenvalue weighted by atomic mass is 9.99. The Morgan fingerprint density at radius 2 is 2.00 bits per heavy atom. The molecule has 0 radical (unpaired) electrons. The van der Waals surface area contributed by atoms with E-state index < -0.39 is 24.1 Å². The molecule has 6 rings (SSSR count). The van der Waals surface area contributed by atoms with Crippen LogP contribution in [0.1, 0.15) is 33.8 Å². The van der Waals surface area contributed by atoms with Gasteiger partial charge >= 0.3 is 18.2 Å². The number of fused-ring (bicyclic) bond motifs is 2. The third-order valence-electron chi connectivity index (χ3n) is 5.54. The van der Waals surface area contributed by atoms with E-state index in [0.717, 1.165) is 5.69 Å². The number of carbonyl (C=O) groups is 1. The van der Waals surface area contributed by atoms with E-state index >= 15 is 0 Å². The fraction of sp³-hybridized carbons (Fsp3) is 0.190. The Labute approximate surface area is 198 Å². The van der Waals surface area contributed by atoms with Crippen molar-refractivity contribution in [2.75, 3.05) is 6.54 Å². The Kier molecular flexibility index (Phi) is 4.91. The molecular weight excluding hydrogens is 483 g/mol. The Bertz CT molecular complexity index is 1560. The normalized spacial score (nSPS) is 15.8. The summed E-state index contributed by atoms with van der Waals surface area (Å²) in [4.78, 5) is 30.3. The summed E-state index contributed by atoms with van der Waals surface area (Å²) in [5, 5.41) is 12.1. The Hall–Kier alpha value is -4.82. The number of alkyl halides is 3. The van der Waals surface area contributed by atoms with Crippen LogP contribution in [0.3, 0.4) is 0 Å². The van der Waals surface area contributed by atoms with E-state index in [0.29, 0.717) is 12.1 Å². The average molecular weight is 497 g/mol. The fourth-order valence-corrected chi connectivity index (χ4v) is 4.08. The third kappa shape index (κ3) is 3.79. The monoisotopic (exact) mass is 497 g/mol. The number of aromatic amines is 1. The van der Waals surface area contributed by atoms with E-state index in [4.69, 9.17) is 4.42 Å². The smallest absolute Gasteiger partial charge is 0.409 e. The van der Waals surface area contributed by atoms with Gasteiger partial charge in [-0.3, -0.25) is 4.79 Å². The summed E-state index contributed by atoms with van der Waals surface area (Å²) >= 11 is 0. The highest BCUT2D eigenvalue weighted by Gasteiger charge is 2.39. The summed E-state index contributed by atoms with van der Waals surface area (Å²) in [7, 11) is 0. The van der Waals surface area contributed by atoms with Crippen LogP contribution < -0.4 is 4.74 Å². The van der Waals surface area contributed by atoms with Gasteiger partial charge in [0, 0.05) is 37.3 Å². The molecule has 182 valence electrons. The predicted octanol–water partition coefficient (Wildman–Crippen LogP) is 2.58. The number of ether oxygens (including phenoxy) is 1. The molecule has 6 heterocycles. The maximum atomic E-state index is 13.5. The van der Waals surface area contributed by atoms with Crippen molar-refractivity contribution in [2.45, 2.75) is 18.8 Å². The lowest BCUT2D eigenvalue weighted by molar-refractivity contribution is -0.274. The Morgan fingerprint density at radius 3 is 2.81 bits per heavy atom. The molecule has 0 saturated heterocycles. The van der Waals surface area contributed by atoms with Crippen LogP contribution in [0, 0.1) is 0 Å². The highest BCUT2D eigenvalue weighted by molar-refractivity contribution is 5.90. The van der Waals surface area contributed by atoms with Crippen molar-refractivity contribution in [1.29, 1.82) is 0 Å². The first-order valence-corrected chi connectivity index (χ1v) is 10.6. The molecule has 0 spiro atoms. The van der Waals surface area contributed by atoms with Gasteiger partial charge in [0.25, 0.3) is 5.89 Å². The van der Waals surface area contributed by atoms with Crippen molar-refractivity contribution in [3.63, 3.8) is 0 Å². The van der Waals surface area contributed by atoms with Crippen molar-refractivity contribution >= 4 is 11.4 Å². The highest BCUT2D eigenvalue weighted by atomic mass is 19.4. The molecule has 5 aromatic heterocycles. The van der Waals surface area contributed by atoms with Gasteiger partial charge in [0.15, 0.2) is 5.75 Å². The molecule has 1 aliphatic rings. The first-order valence-electron chi connectivity index (χ1n) is 10.6. The lowest BCUT2D eigenvalue weighted by Gasteiger charge is -2.32. The van der Waals surface area contributed by atoms with Crippen LogP contribution in [0.5, 0.6) is 5.75 Å². The van der Waals surface area contributed by atoms with Gasteiger partial charge in [0.2, 0.25) is 5.82 Å². The van der Waals surface area contributed by atoms with E-state index in [1.54, 1.807) is 6.07 Å². The van der Waals surface area contributed by atoms with Gasteiger partial charge in [-0.15, -0.1) is 23.4 Å². The Balaban J connectivity index is 1.40. The quantitative estimate of drug-likeness (QED) is 0.397. The zero-order chi connectivity index (χ0) is 24.9. The largest absolute Gasteiger partial charge is 0.573 e. The number of rotatable bonds is 4. The van der Waals surface area contributed by atoms with Gasteiger partial charge in [-0.25, -0.2) is 19.5 Å². The number of imidazole rings is 1. The van der Waals surface area contributed by atoms with Crippen LogP contribution in [0.4, 0.5) is 13.2 Å². The van der Waals surface area contributed by atoms with Gasteiger partial charge in [0.1, 0.15) is 11.6 Å². The number of nitrogens with one attached hydrogen (secondary N) is 1. The predicted molar refractivity (Wildman–Crippen MR) is 112 cm³/mol. The number of carbonyl (C=O) groups excluding carboxylic acids is 1. The number of pyridine rings is 1. The molecule has 5 aromatic rings. The standard InChI is InChI=1S/C21H14F3N9O3/c22-21(23,24)36-14-3-1-7-33-13(14)9-12(31-33)16-15-11(27-10-28-15)4-8-32(16)20(34)19-30-29-18(35-19)17-25-5-2-6-26-17/h1-3,5-7,9-10,16H,4,8H2,(H,27,28)/t16-/m1/s1. The number of H-pyrrole nitrogens is 1. The van der Waals surface area contributed by atoms with Gasteiger partial charge in [0.05, 0.1) is 17.7 Å². The fourth-order valence-electron chi connectivity index (χ4n) is 4.08. The molecule has 0 aliphatic carbocycles. The van der Waals surface area contributed by atoms with Crippen LogP contribution in [-0.4, -0.2) is 63.5 Å². The number of halogens is 3. The summed E-state index contributed by atoms with van der Waals surface area (Å²) in [6.45, 7) is 0.234. The number of amides is 1. The first-order chi connectivity index (χ1) is 17.4. The molecule has 0 fully saturated rings. The maximum absolute atomic E-state index is 13.5. The minimum atomic E-state index is -4.88. The molecule has 0 unspecified atom stereocenters. The summed E-state index contributed by atoms with van der Waals surface area (Å²) in [6.07, 6.45) is 1.52. The summed E-state index contributed by atoms with van der Waals surface area (Å²) < 4.78 is 49.7. The van der Waals surface area contributed by atoms with E-state index in [-0.39, 0.29) is 35.4 Å². The molecule has 0 bridgehead atoms. The molecule has 1 atom stereocenters. The van der Waals surface area contributed by atoms with Gasteiger partial charge in [-0.2, -0.15) is 5.10 Å².